The summed E-state index contributed by atoms with van der Waals surface area (Å²) < 4.78 is 26.6. The van der Waals surface area contributed by atoms with Crippen LogP contribution in [-0.2, 0) is 10.0 Å². The Balaban J connectivity index is 3.26. The van der Waals surface area contributed by atoms with Crippen LogP contribution in [0.2, 0.25) is 0 Å². The highest BCUT2D eigenvalue weighted by Crippen LogP contribution is 2.24. The molecule has 0 saturated heterocycles. The lowest BCUT2D eigenvalue weighted by molar-refractivity contribution is 0.255. The molecule has 0 aromatic heterocycles. The quantitative estimate of drug-likeness (QED) is 0.906. The molecule has 1 rings (SSSR count). The van der Waals surface area contributed by atoms with Gasteiger partial charge in [0.05, 0.1) is 4.90 Å². The number of aryl methyl sites for hydroxylation is 1. The number of sulfonamides is 1. The summed E-state index contributed by atoms with van der Waals surface area (Å²) >= 11 is 0. The van der Waals surface area contributed by atoms with E-state index in [1.54, 1.807) is 18.2 Å². The topological polar surface area (TPSA) is 63.4 Å². The number of nitrogens with two attached hydrogens (primary N) is 1. The van der Waals surface area contributed by atoms with Crippen LogP contribution in [0.4, 0.5) is 0 Å². The van der Waals surface area contributed by atoms with E-state index in [1.807, 2.05) is 33.8 Å². The first-order valence-corrected chi connectivity index (χ1v) is 7.43. The van der Waals surface area contributed by atoms with Crippen LogP contribution in [0.1, 0.15) is 26.3 Å². The van der Waals surface area contributed by atoms with Crippen LogP contribution in [0.5, 0.6) is 0 Å². The molecule has 102 valence electrons. The summed E-state index contributed by atoms with van der Waals surface area (Å²) in [7, 11) is -3.49. The van der Waals surface area contributed by atoms with E-state index in [0.29, 0.717) is 18.0 Å². The van der Waals surface area contributed by atoms with Gasteiger partial charge in [-0.05, 0) is 45.4 Å². The number of hydrogen-bond donors (Lipinski definition) is 1. The normalized spacial score (nSPS) is 13.0. The van der Waals surface area contributed by atoms with Gasteiger partial charge in [-0.3, -0.25) is 0 Å². The summed E-state index contributed by atoms with van der Waals surface area (Å²) in [5.74, 6) is 0. The highest BCUT2D eigenvalue weighted by molar-refractivity contribution is 7.89. The number of hydrogen-bond acceptors (Lipinski definition) is 3. The van der Waals surface area contributed by atoms with Crippen molar-refractivity contribution in [3.8, 4) is 0 Å². The van der Waals surface area contributed by atoms with Crippen LogP contribution in [0.3, 0.4) is 0 Å². The van der Waals surface area contributed by atoms with Gasteiger partial charge in [0.15, 0.2) is 0 Å². The van der Waals surface area contributed by atoms with Gasteiger partial charge in [0.2, 0.25) is 10.0 Å². The Morgan fingerprint density at radius 2 is 1.89 bits per heavy atom. The summed E-state index contributed by atoms with van der Waals surface area (Å²) in [4.78, 5) is 0.325. The van der Waals surface area contributed by atoms with Gasteiger partial charge < -0.3 is 5.73 Å². The standard InChI is InChI=1S/C13H22N2O2S/c1-11-6-5-7-12(10-11)18(16,17)15(9-8-14)13(2,3)4/h5-7,10H,8-9,14H2,1-4H3. The predicted molar refractivity (Wildman–Crippen MR) is 73.9 cm³/mol. The Kier molecular flexibility index (Phi) is 4.53. The van der Waals surface area contributed by atoms with Crippen molar-refractivity contribution < 1.29 is 8.42 Å². The third-order valence-electron chi connectivity index (χ3n) is 2.66. The molecule has 0 atom stereocenters. The fraction of sp³-hybridized carbons (Fsp3) is 0.538. The smallest absolute Gasteiger partial charge is 0.243 e. The van der Waals surface area contributed by atoms with E-state index in [0.717, 1.165) is 5.56 Å². The van der Waals surface area contributed by atoms with Crippen LogP contribution < -0.4 is 5.73 Å². The molecule has 0 heterocycles. The van der Waals surface area contributed by atoms with Gasteiger partial charge in [-0.25, -0.2) is 8.42 Å². The van der Waals surface area contributed by atoms with E-state index in [4.69, 9.17) is 5.73 Å². The highest BCUT2D eigenvalue weighted by Gasteiger charge is 2.33. The van der Waals surface area contributed by atoms with Crippen molar-refractivity contribution in [1.82, 2.24) is 4.31 Å². The summed E-state index contributed by atoms with van der Waals surface area (Å²) in [5, 5.41) is 0. The van der Waals surface area contributed by atoms with Crippen molar-refractivity contribution in [2.45, 2.75) is 38.1 Å². The van der Waals surface area contributed by atoms with Crippen molar-refractivity contribution in [3.05, 3.63) is 29.8 Å². The van der Waals surface area contributed by atoms with Crippen molar-refractivity contribution >= 4 is 10.0 Å². The molecular formula is C13H22N2O2S. The van der Waals surface area contributed by atoms with Crippen LogP contribution in [0.15, 0.2) is 29.2 Å². The van der Waals surface area contributed by atoms with E-state index >= 15 is 0 Å². The van der Waals surface area contributed by atoms with E-state index in [-0.39, 0.29) is 0 Å². The van der Waals surface area contributed by atoms with Crippen LogP contribution in [-0.4, -0.2) is 31.4 Å². The zero-order valence-corrected chi connectivity index (χ0v) is 12.3. The number of rotatable bonds is 4. The molecule has 18 heavy (non-hydrogen) atoms. The molecule has 0 amide bonds. The molecule has 0 saturated carbocycles. The minimum Gasteiger partial charge on any atom is -0.329 e. The lowest BCUT2D eigenvalue weighted by Crippen LogP contribution is -2.47. The second-order valence-electron chi connectivity index (χ2n) is 5.35. The first-order chi connectivity index (χ1) is 8.19. The largest absolute Gasteiger partial charge is 0.329 e. The SMILES string of the molecule is Cc1cccc(S(=O)(=O)N(CCN)C(C)(C)C)c1. The first kappa shape index (κ1) is 15.1. The predicted octanol–water partition coefficient (Wildman–Crippen LogP) is 1.74. The maximum Gasteiger partial charge on any atom is 0.243 e. The Morgan fingerprint density at radius 1 is 1.28 bits per heavy atom. The molecule has 5 heteroatoms. The fourth-order valence-electron chi connectivity index (χ4n) is 1.84. The van der Waals surface area contributed by atoms with E-state index < -0.39 is 15.6 Å². The molecule has 4 nitrogen and oxygen atoms in total. The number of nitrogens with zero attached hydrogens (tertiary/aromatic N) is 1. The van der Waals surface area contributed by atoms with Gasteiger partial charge in [-0.1, -0.05) is 12.1 Å². The van der Waals surface area contributed by atoms with Crippen molar-refractivity contribution in [3.63, 3.8) is 0 Å². The maximum absolute atomic E-state index is 12.6. The Bertz CT molecular complexity index is 504. The van der Waals surface area contributed by atoms with Gasteiger partial charge in [0, 0.05) is 18.6 Å². The van der Waals surface area contributed by atoms with Gasteiger partial charge in [-0.15, -0.1) is 0 Å². The lowest BCUT2D eigenvalue weighted by atomic mass is 10.1. The molecule has 0 aliphatic carbocycles. The van der Waals surface area contributed by atoms with E-state index in [1.165, 1.54) is 4.31 Å². The minimum atomic E-state index is -3.49. The molecular weight excluding hydrogens is 248 g/mol. The molecule has 0 spiro atoms. The molecule has 0 aliphatic rings. The van der Waals surface area contributed by atoms with E-state index in [2.05, 4.69) is 0 Å². The third-order valence-corrected chi connectivity index (χ3v) is 4.82. The van der Waals surface area contributed by atoms with Gasteiger partial charge in [0.1, 0.15) is 0 Å². The lowest BCUT2D eigenvalue weighted by Gasteiger charge is -2.34. The monoisotopic (exact) mass is 270 g/mol. The fourth-order valence-corrected chi connectivity index (χ4v) is 3.74. The molecule has 1 aromatic carbocycles. The third kappa shape index (κ3) is 3.31. The van der Waals surface area contributed by atoms with Crippen LogP contribution in [0, 0.1) is 6.92 Å². The molecule has 0 radical (unpaired) electrons. The average molecular weight is 270 g/mol. The summed E-state index contributed by atoms with van der Waals surface area (Å²) in [6.07, 6.45) is 0. The second kappa shape index (κ2) is 5.38. The van der Waals surface area contributed by atoms with Crippen molar-refractivity contribution in [2.24, 2.45) is 5.73 Å². The Labute approximate surface area is 110 Å². The highest BCUT2D eigenvalue weighted by atomic mass is 32.2. The molecule has 1 aromatic rings. The van der Waals surface area contributed by atoms with Gasteiger partial charge in [0.25, 0.3) is 0 Å². The van der Waals surface area contributed by atoms with E-state index in [9.17, 15) is 8.42 Å². The zero-order valence-electron chi connectivity index (χ0n) is 11.5. The molecule has 0 unspecified atom stereocenters. The summed E-state index contributed by atoms with van der Waals surface area (Å²) in [5.41, 5.74) is 5.97. The average Bonchev–Trinajstić information content (AvgIpc) is 2.24. The zero-order chi connectivity index (χ0) is 14.0. The maximum atomic E-state index is 12.6. The molecule has 2 N–H and O–H groups in total. The summed E-state index contributed by atoms with van der Waals surface area (Å²) in [6, 6.07) is 6.94. The Hall–Kier alpha value is -0.910. The molecule has 0 bridgehead atoms. The van der Waals surface area contributed by atoms with Crippen molar-refractivity contribution in [2.75, 3.05) is 13.1 Å². The van der Waals surface area contributed by atoms with Crippen LogP contribution in [0.25, 0.3) is 0 Å². The van der Waals surface area contributed by atoms with Crippen LogP contribution >= 0.6 is 0 Å². The number of benzene rings is 1. The first-order valence-electron chi connectivity index (χ1n) is 5.99. The van der Waals surface area contributed by atoms with Gasteiger partial charge >= 0.3 is 0 Å². The second-order valence-corrected chi connectivity index (χ2v) is 7.22. The molecule has 0 aliphatic heterocycles. The van der Waals surface area contributed by atoms with Gasteiger partial charge in [-0.2, -0.15) is 4.31 Å². The minimum absolute atomic E-state index is 0.308. The van der Waals surface area contributed by atoms with Crippen molar-refractivity contribution in [1.29, 1.82) is 0 Å². The molecule has 0 fully saturated rings. The summed E-state index contributed by atoms with van der Waals surface area (Å²) in [6.45, 7) is 8.12. The Morgan fingerprint density at radius 3 is 2.33 bits per heavy atom.